The summed E-state index contributed by atoms with van der Waals surface area (Å²) in [6.07, 6.45) is 0.284. The average molecular weight is 393 g/mol. The fourth-order valence-corrected chi connectivity index (χ4v) is 2.81. The molecule has 0 radical (unpaired) electrons. The normalized spacial score (nSPS) is 10.5. The van der Waals surface area contributed by atoms with Gasteiger partial charge in [0.15, 0.2) is 0 Å². The number of nitrogens with one attached hydrogen (secondary N) is 2. The van der Waals surface area contributed by atoms with Crippen molar-refractivity contribution in [3.05, 3.63) is 45.7 Å². The lowest BCUT2D eigenvalue weighted by atomic mass is 10.2. The van der Waals surface area contributed by atoms with Gasteiger partial charge in [-0.25, -0.2) is 0 Å². The number of benzene rings is 1. The Morgan fingerprint density at radius 3 is 2.54 bits per heavy atom. The number of carbonyl (C=O) groups is 2. The van der Waals surface area contributed by atoms with Gasteiger partial charge in [0.1, 0.15) is 0 Å². The number of rotatable bonds is 6. The quantitative estimate of drug-likeness (QED) is 0.793. The van der Waals surface area contributed by atoms with Gasteiger partial charge in [-0.05, 0) is 50.6 Å². The van der Waals surface area contributed by atoms with E-state index in [1.807, 2.05) is 45.0 Å². The van der Waals surface area contributed by atoms with Gasteiger partial charge in [-0.3, -0.25) is 14.3 Å². The summed E-state index contributed by atoms with van der Waals surface area (Å²) < 4.78 is 2.75. The molecule has 0 aliphatic carbocycles. The lowest BCUT2D eigenvalue weighted by Crippen LogP contribution is -2.33. The molecule has 0 spiro atoms. The third kappa shape index (κ3) is 5.19. The number of aromatic nitrogens is 2. The molecule has 0 bridgehead atoms. The van der Waals surface area contributed by atoms with E-state index in [9.17, 15) is 9.59 Å². The monoisotopic (exact) mass is 392 g/mol. The second-order valence-electron chi connectivity index (χ2n) is 5.68. The van der Waals surface area contributed by atoms with Crippen LogP contribution in [0.5, 0.6) is 0 Å². The highest BCUT2D eigenvalue weighted by Crippen LogP contribution is 2.19. The molecule has 0 unspecified atom stereocenters. The molecule has 1 aromatic heterocycles. The average Bonchev–Trinajstić information content (AvgIpc) is 2.84. The van der Waals surface area contributed by atoms with E-state index in [1.54, 1.807) is 4.68 Å². The fourth-order valence-electron chi connectivity index (χ4n) is 2.34. The molecule has 0 atom stereocenters. The van der Waals surface area contributed by atoms with Gasteiger partial charge in [-0.1, -0.05) is 15.9 Å². The topological polar surface area (TPSA) is 76.0 Å². The Balaban J connectivity index is 1.76. The molecule has 2 amide bonds. The zero-order valence-electron chi connectivity index (χ0n) is 14.0. The minimum absolute atomic E-state index is 0.0501. The summed E-state index contributed by atoms with van der Waals surface area (Å²) in [5.74, 6) is -0.426. The molecule has 0 saturated heterocycles. The van der Waals surface area contributed by atoms with Crippen LogP contribution in [-0.4, -0.2) is 28.1 Å². The first-order valence-corrected chi connectivity index (χ1v) is 8.48. The van der Waals surface area contributed by atoms with Gasteiger partial charge in [-0.15, -0.1) is 0 Å². The molecule has 2 rings (SSSR count). The molecule has 1 aromatic carbocycles. The summed E-state index contributed by atoms with van der Waals surface area (Å²) in [6, 6.07) is 7.56. The van der Waals surface area contributed by atoms with Gasteiger partial charge < -0.3 is 10.6 Å². The molecule has 2 aromatic rings. The van der Waals surface area contributed by atoms with Crippen molar-refractivity contribution >= 4 is 33.4 Å². The lowest BCUT2D eigenvalue weighted by Gasteiger charge is -2.10. The SMILES string of the molecule is Cc1cc(C)n(CCC(=O)NCC(=O)Nc2ccc(Br)cc2C)n1. The van der Waals surface area contributed by atoms with E-state index in [0.717, 1.165) is 27.1 Å². The summed E-state index contributed by atoms with van der Waals surface area (Å²) in [6.45, 7) is 6.22. The molecule has 0 saturated carbocycles. The maximum absolute atomic E-state index is 11.9. The van der Waals surface area contributed by atoms with Crippen LogP contribution in [0.3, 0.4) is 0 Å². The van der Waals surface area contributed by atoms with Crippen molar-refractivity contribution in [2.24, 2.45) is 0 Å². The number of hydrogen-bond acceptors (Lipinski definition) is 3. The summed E-state index contributed by atoms with van der Waals surface area (Å²) in [5.41, 5.74) is 3.63. The predicted octanol–water partition coefficient (Wildman–Crippen LogP) is 2.72. The number of aryl methyl sites for hydroxylation is 4. The summed E-state index contributed by atoms with van der Waals surface area (Å²) in [4.78, 5) is 23.8. The molecular weight excluding hydrogens is 372 g/mol. The van der Waals surface area contributed by atoms with Crippen LogP contribution in [0.15, 0.2) is 28.7 Å². The maximum atomic E-state index is 11.9. The Morgan fingerprint density at radius 1 is 1.17 bits per heavy atom. The van der Waals surface area contributed by atoms with E-state index in [-0.39, 0.29) is 24.8 Å². The maximum Gasteiger partial charge on any atom is 0.243 e. The predicted molar refractivity (Wildman–Crippen MR) is 96.8 cm³/mol. The van der Waals surface area contributed by atoms with Gasteiger partial charge in [0.2, 0.25) is 11.8 Å². The summed E-state index contributed by atoms with van der Waals surface area (Å²) in [7, 11) is 0. The van der Waals surface area contributed by atoms with Crippen LogP contribution < -0.4 is 10.6 Å². The smallest absolute Gasteiger partial charge is 0.243 e. The van der Waals surface area contributed by atoms with Crippen molar-refractivity contribution < 1.29 is 9.59 Å². The molecule has 0 fully saturated rings. The standard InChI is InChI=1S/C17H21BrN4O2/c1-11-8-14(18)4-5-15(11)20-17(24)10-19-16(23)6-7-22-13(3)9-12(2)21-22/h4-5,8-9H,6-7,10H2,1-3H3,(H,19,23)(H,20,24). The number of halogens is 1. The molecule has 0 aliphatic rings. The van der Waals surface area contributed by atoms with Crippen molar-refractivity contribution in [1.82, 2.24) is 15.1 Å². The zero-order chi connectivity index (χ0) is 17.7. The largest absolute Gasteiger partial charge is 0.347 e. The minimum Gasteiger partial charge on any atom is -0.347 e. The van der Waals surface area contributed by atoms with Gasteiger partial charge in [0.25, 0.3) is 0 Å². The Labute approximate surface area is 149 Å². The molecule has 6 nitrogen and oxygen atoms in total. The van der Waals surface area contributed by atoms with Gasteiger partial charge in [-0.2, -0.15) is 5.10 Å². The molecule has 0 aliphatic heterocycles. The Hall–Kier alpha value is -2.15. The van der Waals surface area contributed by atoms with Crippen molar-refractivity contribution in [2.45, 2.75) is 33.7 Å². The molecule has 24 heavy (non-hydrogen) atoms. The van der Waals surface area contributed by atoms with Crippen molar-refractivity contribution in [3.8, 4) is 0 Å². The Bertz CT molecular complexity index is 755. The van der Waals surface area contributed by atoms with Crippen LogP contribution in [0.1, 0.15) is 23.4 Å². The van der Waals surface area contributed by atoms with E-state index < -0.39 is 0 Å². The highest BCUT2D eigenvalue weighted by molar-refractivity contribution is 9.10. The third-order valence-corrected chi connectivity index (χ3v) is 4.06. The van der Waals surface area contributed by atoms with E-state index in [4.69, 9.17) is 0 Å². The third-order valence-electron chi connectivity index (χ3n) is 3.56. The van der Waals surface area contributed by atoms with Crippen molar-refractivity contribution in [2.75, 3.05) is 11.9 Å². The number of anilines is 1. The van der Waals surface area contributed by atoms with Gasteiger partial charge >= 0.3 is 0 Å². The second-order valence-corrected chi connectivity index (χ2v) is 6.60. The Kier molecular flexibility index (Phi) is 6.14. The Morgan fingerprint density at radius 2 is 1.92 bits per heavy atom. The summed E-state index contributed by atoms with van der Waals surface area (Å²) >= 11 is 3.38. The van der Waals surface area contributed by atoms with E-state index >= 15 is 0 Å². The van der Waals surface area contributed by atoms with E-state index in [0.29, 0.717) is 6.54 Å². The number of amides is 2. The first kappa shape index (κ1) is 18.2. The number of nitrogens with zero attached hydrogens (tertiary/aromatic N) is 2. The van der Waals surface area contributed by atoms with Crippen molar-refractivity contribution in [1.29, 1.82) is 0 Å². The van der Waals surface area contributed by atoms with Gasteiger partial charge in [0.05, 0.1) is 12.2 Å². The minimum atomic E-state index is -0.250. The van der Waals surface area contributed by atoms with Crippen LogP contribution in [0, 0.1) is 20.8 Å². The second kappa shape index (κ2) is 8.10. The number of carbonyl (C=O) groups excluding carboxylic acids is 2. The first-order valence-electron chi connectivity index (χ1n) is 7.69. The number of hydrogen-bond donors (Lipinski definition) is 2. The fraction of sp³-hybridized carbons (Fsp3) is 0.353. The molecule has 128 valence electrons. The van der Waals surface area contributed by atoms with Gasteiger partial charge in [0, 0.05) is 28.8 Å². The van der Waals surface area contributed by atoms with Crippen LogP contribution >= 0.6 is 15.9 Å². The van der Waals surface area contributed by atoms with Crippen LogP contribution in [-0.2, 0) is 16.1 Å². The van der Waals surface area contributed by atoms with E-state index in [2.05, 4.69) is 31.7 Å². The molecule has 7 heteroatoms. The molecular formula is C17H21BrN4O2. The van der Waals surface area contributed by atoms with Crippen LogP contribution in [0.4, 0.5) is 5.69 Å². The van der Waals surface area contributed by atoms with Crippen molar-refractivity contribution in [3.63, 3.8) is 0 Å². The van der Waals surface area contributed by atoms with Crippen LogP contribution in [0.25, 0.3) is 0 Å². The highest BCUT2D eigenvalue weighted by atomic mass is 79.9. The molecule has 1 heterocycles. The molecule has 2 N–H and O–H groups in total. The van der Waals surface area contributed by atoms with Crippen LogP contribution in [0.2, 0.25) is 0 Å². The summed E-state index contributed by atoms with van der Waals surface area (Å²) in [5, 5.41) is 9.72. The van der Waals surface area contributed by atoms with E-state index in [1.165, 1.54) is 0 Å². The lowest BCUT2D eigenvalue weighted by molar-refractivity contribution is -0.124. The zero-order valence-corrected chi connectivity index (χ0v) is 15.6. The highest BCUT2D eigenvalue weighted by Gasteiger charge is 2.09. The first-order chi connectivity index (χ1) is 11.3.